The van der Waals surface area contributed by atoms with Crippen molar-refractivity contribution in [1.29, 1.82) is 0 Å². The number of carbonyl (C=O) groups is 1. The van der Waals surface area contributed by atoms with Crippen molar-refractivity contribution < 1.29 is 13.2 Å². The zero-order chi connectivity index (χ0) is 22.4. The fraction of sp³-hybridized carbons (Fsp3) is 0.696. The van der Waals surface area contributed by atoms with Gasteiger partial charge < -0.3 is 15.1 Å². The number of hydrogen-bond acceptors (Lipinski definition) is 5. The first-order chi connectivity index (χ1) is 14.8. The summed E-state index contributed by atoms with van der Waals surface area (Å²) in [4.78, 5) is 17.8. The van der Waals surface area contributed by atoms with E-state index in [1.54, 1.807) is 22.5 Å². The number of piperazine rings is 1. The summed E-state index contributed by atoms with van der Waals surface area (Å²) in [7, 11) is -1.43. The largest absolute Gasteiger partial charge is 0.352 e. The smallest absolute Gasteiger partial charge is 0.251 e. The minimum Gasteiger partial charge on any atom is -0.352 e. The molecule has 0 saturated carbocycles. The molecule has 2 aliphatic heterocycles. The van der Waals surface area contributed by atoms with Crippen LogP contribution >= 0.6 is 0 Å². The van der Waals surface area contributed by atoms with E-state index in [9.17, 15) is 13.2 Å². The third-order valence-electron chi connectivity index (χ3n) is 6.58. The number of sulfonamides is 1. The SMILES string of the molecule is Cc1ccc(S(=O)(=O)N2CCCCC2C)cc1C(=O)NCCCCN1CCN(C)CC1. The molecule has 1 N–H and O–H groups in total. The van der Waals surface area contributed by atoms with E-state index in [4.69, 9.17) is 0 Å². The topological polar surface area (TPSA) is 73.0 Å². The van der Waals surface area contributed by atoms with Gasteiger partial charge in [0.05, 0.1) is 4.90 Å². The molecule has 2 aliphatic rings. The van der Waals surface area contributed by atoms with Crippen LogP contribution in [0.5, 0.6) is 0 Å². The number of rotatable bonds is 8. The number of amides is 1. The molecule has 8 heteroatoms. The van der Waals surface area contributed by atoms with Gasteiger partial charge in [0.15, 0.2) is 0 Å². The normalized spacial score (nSPS) is 21.8. The van der Waals surface area contributed by atoms with E-state index in [0.717, 1.165) is 70.4 Å². The molecular weight excluding hydrogens is 412 g/mol. The van der Waals surface area contributed by atoms with Crippen molar-refractivity contribution in [2.24, 2.45) is 0 Å². The molecule has 1 aromatic carbocycles. The van der Waals surface area contributed by atoms with Crippen molar-refractivity contribution in [2.75, 3.05) is 52.9 Å². The van der Waals surface area contributed by atoms with Crippen LogP contribution in [0.15, 0.2) is 23.1 Å². The predicted molar refractivity (Wildman–Crippen MR) is 124 cm³/mol. The summed E-state index contributed by atoms with van der Waals surface area (Å²) < 4.78 is 27.9. The van der Waals surface area contributed by atoms with Gasteiger partial charge in [-0.1, -0.05) is 12.5 Å². The summed E-state index contributed by atoms with van der Waals surface area (Å²) in [5, 5.41) is 2.98. The number of carbonyl (C=O) groups excluding carboxylic acids is 1. The molecular formula is C23H38N4O3S. The van der Waals surface area contributed by atoms with Crippen LogP contribution in [0, 0.1) is 6.92 Å². The van der Waals surface area contributed by atoms with Gasteiger partial charge in [0.25, 0.3) is 5.91 Å². The number of nitrogens with zero attached hydrogens (tertiary/aromatic N) is 3. The molecule has 0 spiro atoms. The highest BCUT2D eigenvalue weighted by Gasteiger charge is 2.31. The molecule has 2 heterocycles. The van der Waals surface area contributed by atoms with Crippen LogP contribution in [-0.2, 0) is 10.0 Å². The molecule has 2 fully saturated rings. The molecule has 31 heavy (non-hydrogen) atoms. The number of piperidine rings is 1. The monoisotopic (exact) mass is 450 g/mol. The number of nitrogens with one attached hydrogen (secondary N) is 1. The van der Waals surface area contributed by atoms with Gasteiger partial charge >= 0.3 is 0 Å². The fourth-order valence-corrected chi connectivity index (χ4v) is 6.13. The Morgan fingerprint density at radius 2 is 1.84 bits per heavy atom. The number of likely N-dealkylation sites (N-methyl/N-ethyl adjacent to an activating group) is 1. The average Bonchev–Trinajstić information content (AvgIpc) is 2.75. The lowest BCUT2D eigenvalue weighted by Gasteiger charge is -2.32. The first kappa shape index (κ1) is 24.2. The summed E-state index contributed by atoms with van der Waals surface area (Å²) in [6.07, 6.45) is 4.79. The molecule has 7 nitrogen and oxygen atoms in total. The minimum atomic E-state index is -3.59. The van der Waals surface area contributed by atoms with Crippen LogP contribution in [0.1, 0.15) is 54.9 Å². The lowest BCUT2D eigenvalue weighted by atomic mass is 10.1. The summed E-state index contributed by atoms with van der Waals surface area (Å²) in [6.45, 7) is 10.5. The maximum absolute atomic E-state index is 13.1. The van der Waals surface area contributed by atoms with Gasteiger partial charge in [0.2, 0.25) is 10.0 Å². The third kappa shape index (κ3) is 6.28. The molecule has 0 aromatic heterocycles. The molecule has 2 saturated heterocycles. The Morgan fingerprint density at radius 3 is 2.55 bits per heavy atom. The summed E-state index contributed by atoms with van der Waals surface area (Å²) >= 11 is 0. The van der Waals surface area contributed by atoms with Gasteiger partial charge in [0, 0.05) is 50.9 Å². The zero-order valence-corrected chi connectivity index (χ0v) is 20.1. The third-order valence-corrected chi connectivity index (χ3v) is 8.59. The Labute approximate surface area is 187 Å². The van der Waals surface area contributed by atoms with Gasteiger partial charge in [-0.15, -0.1) is 0 Å². The molecule has 1 unspecified atom stereocenters. The van der Waals surface area contributed by atoms with E-state index in [-0.39, 0.29) is 16.8 Å². The maximum atomic E-state index is 13.1. The highest BCUT2D eigenvalue weighted by Crippen LogP contribution is 2.26. The van der Waals surface area contributed by atoms with Crippen molar-refractivity contribution in [2.45, 2.75) is 56.9 Å². The van der Waals surface area contributed by atoms with Crippen LogP contribution in [0.25, 0.3) is 0 Å². The van der Waals surface area contributed by atoms with Gasteiger partial charge in [-0.05, 0) is 70.8 Å². The number of benzene rings is 1. The van der Waals surface area contributed by atoms with E-state index >= 15 is 0 Å². The molecule has 0 radical (unpaired) electrons. The highest BCUT2D eigenvalue weighted by molar-refractivity contribution is 7.89. The van der Waals surface area contributed by atoms with Crippen molar-refractivity contribution >= 4 is 15.9 Å². The van der Waals surface area contributed by atoms with E-state index < -0.39 is 10.0 Å². The minimum absolute atomic E-state index is 0.00219. The second-order valence-electron chi connectivity index (χ2n) is 9.05. The molecule has 1 atom stereocenters. The van der Waals surface area contributed by atoms with Gasteiger partial charge in [-0.3, -0.25) is 4.79 Å². The highest BCUT2D eigenvalue weighted by atomic mass is 32.2. The number of aryl methyl sites for hydroxylation is 1. The maximum Gasteiger partial charge on any atom is 0.251 e. The lowest BCUT2D eigenvalue weighted by Crippen LogP contribution is -2.44. The Bertz CT molecular complexity index is 850. The second kappa shape index (κ2) is 10.9. The van der Waals surface area contributed by atoms with E-state index in [2.05, 4.69) is 22.2 Å². The molecule has 1 aromatic rings. The van der Waals surface area contributed by atoms with Crippen LogP contribution in [0.4, 0.5) is 0 Å². The van der Waals surface area contributed by atoms with Crippen LogP contribution < -0.4 is 5.32 Å². The van der Waals surface area contributed by atoms with E-state index in [1.165, 1.54) is 0 Å². The molecule has 0 bridgehead atoms. The number of hydrogen-bond donors (Lipinski definition) is 1. The Balaban J connectivity index is 1.54. The van der Waals surface area contributed by atoms with Crippen LogP contribution in [0.3, 0.4) is 0 Å². The molecule has 1 amide bonds. The van der Waals surface area contributed by atoms with Crippen LogP contribution in [-0.4, -0.2) is 87.3 Å². The Hall–Kier alpha value is -1.48. The van der Waals surface area contributed by atoms with Crippen molar-refractivity contribution in [1.82, 2.24) is 19.4 Å². The zero-order valence-electron chi connectivity index (χ0n) is 19.3. The first-order valence-corrected chi connectivity index (χ1v) is 13.0. The second-order valence-corrected chi connectivity index (χ2v) is 10.9. The lowest BCUT2D eigenvalue weighted by molar-refractivity contribution is 0.0951. The summed E-state index contributed by atoms with van der Waals surface area (Å²) in [5.41, 5.74) is 1.24. The van der Waals surface area contributed by atoms with Gasteiger partial charge in [-0.2, -0.15) is 4.31 Å². The quantitative estimate of drug-likeness (QED) is 0.616. The standard InChI is InChI=1S/C23H38N4O3S/c1-19-9-10-21(31(29,30)27-13-6-4-8-20(27)2)18-22(19)23(28)24-11-5-7-12-26-16-14-25(3)15-17-26/h9-10,18,20H,4-8,11-17H2,1-3H3,(H,24,28). The van der Waals surface area contributed by atoms with Crippen molar-refractivity contribution in [3.8, 4) is 0 Å². The van der Waals surface area contributed by atoms with E-state index in [0.29, 0.717) is 18.7 Å². The predicted octanol–water partition coefficient (Wildman–Crippen LogP) is 2.32. The summed E-state index contributed by atoms with van der Waals surface area (Å²) in [5.74, 6) is -0.194. The van der Waals surface area contributed by atoms with Gasteiger partial charge in [-0.25, -0.2) is 8.42 Å². The Kier molecular flexibility index (Phi) is 8.50. The molecule has 3 rings (SSSR count). The summed E-state index contributed by atoms with van der Waals surface area (Å²) in [6, 6.07) is 4.91. The number of unbranched alkanes of at least 4 members (excludes halogenated alkanes) is 1. The average molecular weight is 451 g/mol. The molecule has 0 aliphatic carbocycles. The van der Waals surface area contributed by atoms with Crippen molar-refractivity contribution in [3.05, 3.63) is 29.3 Å². The van der Waals surface area contributed by atoms with Crippen LogP contribution in [0.2, 0.25) is 0 Å². The Morgan fingerprint density at radius 1 is 1.10 bits per heavy atom. The fourth-order valence-electron chi connectivity index (χ4n) is 4.40. The molecule has 174 valence electrons. The van der Waals surface area contributed by atoms with Crippen molar-refractivity contribution in [3.63, 3.8) is 0 Å². The van der Waals surface area contributed by atoms with Gasteiger partial charge in [0.1, 0.15) is 0 Å². The first-order valence-electron chi connectivity index (χ1n) is 11.6. The van der Waals surface area contributed by atoms with E-state index in [1.807, 2.05) is 13.8 Å².